The minimum absolute atomic E-state index is 0.559. The van der Waals surface area contributed by atoms with Gasteiger partial charge >= 0.3 is 0 Å². The van der Waals surface area contributed by atoms with Crippen molar-refractivity contribution in [2.45, 2.75) is 12.1 Å². The molecule has 3 nitrogen and oxygen atoms in total. The summed E-state index contributed by atoms with van der Waals surface area (Å²) in [4.78, 5) is 0. The van der Waals surface area contributed by atoms with Gasteiger partial charge in [0.25, 0.3) is 5.22 Å². The van der Waals surface area contributed by atoms with E-state index in [2.05, 4.69) is 32.7 Å². The third-order valence-electron chi connectivity index (χ3n) is 2.13. The first-order valence-corrected chi connectivity index (χ1v) is 6.80. The molecular formula is C12H11BrN2OS. The van der Waals surface area contributed by atoms with E-state index in [1.165, 1.54) is 11.8 Å². The molecule has 0 saturated heterocycles. The first-order chi connectivity index (χ1) is 8.16. The molecule has 5 heteroatoms. The third kappa shape index (κ3) is 3.20. The van der Waals surface area contributed by atoms with Crippen LogP contribution in [0.3, 0.4) is 0 Å². The molecule has 88 valence electrons. The van der Waals surface area contributed by atoms with Crippen LogP contribution in [0.2, 0.25) is 0 Å². The van der Waals surface area contributed by atoms with Crippen molar-refractivity contribution in [1.29, 1.82) is 0 Å². The molecule has 2 rings (SSSR count). The van der Waals surface area contributed by atoms with Crippen LogP contribution in [0.5, 0.6) is 0 Å². The molecule has 0 saturated carbocycles. The Bertz CT molecular complexity index is 539. The van der Waals surface area contributed by atoms with E-state index < -0.39 is 0 Å². The number of benzene rings is 1. The quantitative estimate of drug-likeness (QED) is 0.799. The summed E-state index contributed by atoms with van der Waals surface area (Å²) in [6, 6.07) is 7.94. The molecule has 1 aromatic heterocycles. The molecule has 0 aliphatic carbocycles. The Morgan fingerprint density at radius 3 is 2.88 bits per heavy atom. The van der Waals surface area contributed by atoms with E-state index >= 15 is 0 Å². The lowest BCUT2D eigenvalue weighted by Crippen LogP contribution is -1.81. The molecule has 0 aliphatic rings. The van der Waals surface area contributed by atoms with E-state index in [1.54, 1.807) is 0 Å². The second-order valence-corrected chi connectivity index (χ2v) is 5.54. The maximum atomic E-state index is 5.58. The van der Waals surface area contributed by atoms with Crippen molar-refractivity contribution < 1.29 is 4.42 Å². The van der Waals surface area contributed by atoms with Crippen molar-refractivity contribution in [3.63, 3.8) is 0 Å². The molecule has 0 spiro atoms. The fourth-order valence-electron chi connectivity index (χ4n) is 1.33. The summed E-state index contributed by atoms with van der Waals surface area (Å²) in [5.41, 5.74) is 2.10. The summed E-state index contributed by atoms with van der Waals surface area (Å²) in [5, 5.41) is 8.59. The van der Waals surface area contributed by atoms with Crippen LogP contribution in [0.25, 0.3) is 11.5 Å². The van der Waals surface area contributed by atoms with Crippen LogP contribution in [0.4, 0.5) is 0 Å². The van der Waals surface area contributed by atoms with Gasteiger partial charge in [0.2, 0.25) is 5.89 Å². The summed E-state index contributed by atoms with van der Waals surface area (Å²) in [5.74, 6) is 1.28. The first-order valence-electron chi connectivity index (χ1n) is 5.02. The highest BCUT2D eigenvalue weighted by molar-refractivity contribution is 9.11. The van der Waals surface area contributed by atoms with Gasteiger partial charge in [-0.05, 0) is 23.0 Å². The molecule has 0 radical (unpaired) electrons. The topological polar surface area (TPSA) is 38.9 Å². The minimum Gasteiger partial charge on any atom is -0.411 e. The predicted octanol–water partition coefficient (Wildman–Crippen LogP) is 4.05. The number of hydrogen-bond acceptors (Lipinski definition) is 4. The number of aryl methyl sites for hydroxylation is 1. The second kappa shape index (κ2) is 5.51. The Balaban J connectivity index is 2.18. The van der Waals surface area contributed by atoms with Gasteiger partial charge in [-0.1, -0.05) is 52.5 Å². The Morgan fingerprint density at radius 1 is 1.41 bits per heavy atom. The van der Waals surface area contributed by atoms with Crippen molar-refractivity contribution in [2.75, 3.05) is 5.75 Å². The predicted molar refractivity (Wildman–Crippen MR) is 73.3 cm³/mol. The van der Waals surface area contributed by atoms with E-state index in [1.807, 2.05) is 31.2 Å². The molecule has 17 heavy (non-hydrogen) atoms. The van der Waals surface area contributed by atoms with Crippen LogP contribution >= 0.6 is 27.7 Å². The molecule has 0 bridgehead atoms. The van der Waals surface area contributed by atoms with Crippen LogP contribution in [0.1, 0.15) is 5.56 Å². The monoisotopic (exact) mass is 310 g/mol. The van der Waals surface area contributed by atoms with Crippen LogP contribution in [-0.4, -0.2) is 16.0 Å². The molecule has 0 atom stereocenters. The molecule has 2 aromatic rings. The van der Waals surface area contributed by atoms with Crippen molar-refractivity contribution in [3.05, 3.63) is 40.9 Å². The lowest BCUT2D eigenvalue weighted by atomic mass is 10.1. The second-order valence-electron chi connectivity index (χ2n) is 3.49. The molecule has 1 aromatic carbocycles. The van der Waals surface area contributed by atoms with Gasteiger partial charge in [-0.15, -0.1) is 10.2 Å². The number of rotatable bonds is 4. The summed E-state index contributed by atoms with van der Waals surface area (Å²) >= 11 is 4.75. The van der Waals surface area contributed by atoms with Gasteiger partial charge in [0, 0.05) is 11.3 Å². The summed E-state index contributed by atoms with van der Waals surface area (Å²) in [6.45, 7) is 5.78. The largest absolute Gasteiger partial charge is 0.411 e. The first kappa shape index (κ1) is 12.4. The summed E-state index contributed by atoms with van der Waals surface area (Å²) < 4.78 is 6.48. The number of nitrogens with zero attached hydrogens (tertiary/aromatic N) is 2. The van der Waals surface area contributed by atoms with Crippen LogP contribution in [0.15, 0.2) is 45.0 Å². The molecule has 0 aliphatic heterocycles. The lowest BCUT2D eigenvalue weighted by Gasteiger charge is -1.98. The average Bonchev–Trinajstić information content (AvgIpc) is 2.75. The van der Waals surface area contributed by atoms with Gasteiger partial charge in [-0.2, -0.15) is 0 Å². The molecule has 0 N–H and O–H groups in total. The highest BCUT2D eigenvalue weighted by atomic mass is 79.9. The van der Waals surface area contributed by atoms with Crippen molar-refractivity contribution in [1.82, 2.24) is 10.2 Å². The number of thioether (sulfide) groups is 1. The number of hydrogen-bond donors (Lipinski definition) is 0. The van der Waals surface area contributed by atoms with E-state index in [0.29, 0.717) is 11.1 Å². The highest BCUT2D eigenvalue weighted by Crippen LogP contribution is 2.26. The Hall–Kier alpha value is -1.07. The Labute approximate surface area is 112 Å². The van der Waals surface area contributed by atoms with Gasteiger partial charge < -0.3 is 4.42 Å². The summed E-state index contributed by atoms with van der Waals surface area (Å²) in [7, 11) is 0. The van der Waals surface area contributed by atoms with Crippen LogP contribution in [-0.2, 0) is 0 Å². The Morgan fingerprint density at radius 2 is 2.18 bits per heavy atom. The fourth-order valence-corrected chi connectivity index (χ4v) is 2.19. The standard InChI is InChI=1S/C12H11BrN2OS/c1-8-5-3-4-6-10(8)11-14-15-12(16-11)17-7-9(2)13/h3-6H,2,7H2,1H3. The summed E-state index contributed by atoms with van der Waals surface area (Å²) in [6.07, 6.45) is 0. The van der Waals surface area contributed by atoms with Crippen LogP contribution in [0, 0.1) is 6.92 Å². The van der Waals surface area contributed by atoms with Crippen LogP contribution < -0.4 is 0 Å². The smallest absolute Gasteiger partial charge is 0.277 e. The third-order valence-corrected chi connectivity index (χ3v) is 3.69. The van der Waals surface area contributed by atoms with Gasteiger partial charge in [-0.25, -0.2) is 0 Å². The molecular weight excluding hydrogens is 300 g/mol. The molecule has 0 unspecified atom stereocenters. The molecule has 1 heterocycles. The van der Waals surface area contributed by atoms with E-state index in [4.69, 9.17) is 4.42 Å². The molecule has 0 amide bonds. The zero-order chi connectivity index (χ0) is 12.3. The molecule has 0 fully saturated rings. The maximum absolute atomic E-state index is 5.58. The van der Waals surface area contributed by atoms with Gasteiger partial charge in [-0.3, -0.25) is 0 Å². The number of halogens is 1. The van der Waals surface area contributed by atoms with Gasteiger partial charge in [0.15, 0.2) is 0 Å². The van der Waals surface area contributed by atoms with Crippen molar-refractivity contribution >= 4 is 27.7 Å². The van der Waals surface area contributed by atoms with Gasteiger partial charge in [0.05, 0.1) is 0 Å². The van der Waals surface area contributed by atoms with E-state index in [9.17, 15) is 0 Å². The van der Waals surface area contributed by atoms with E-state index in [0.717, 1.165) is 21.4 Å². The zero-order valence-corrected chi connectivity index (χ0v) is 11.7. The normalized spacial score (nSPS) is 10.5. The Kier molecular flexibility index (Phi) is 4.02. The van der Waals surface area contributed by atoms with Gasteiger partial charge in [0.1, 0.15) is 0 Å². The van der Waals surface area contributed by atoms with Crippen molar-refractivity contribution in [2.24, 2.45) is 0 Å². The lowest BCUT2D eigenvalue weighted by molar-refractivity contribution is 0.466. The minimum atomic E-state index is 0.559. The highest BCUT2D eigenvalue weighted by Gasteiger charge is 2.10. The van der Waals surface area contributed by atoms with E-state index in [-0.39, 0.29) is 0 Å². The average molecular weight is 311 g/mol. The maximum Gasteiger partial charge on any atom is 0.277 e. The fraction of sp³-hybridized carbons (Fsp3) is 0.167. The zero-order valence-electron chi connectivity index (χ0n) is 9.31. The SMILES string of the molecule is C=C(Br)CSc1nnc(-c2ccccc2C)o1. The number of aromatic nitrogens is 2. The van der Waals surface area contributed by atoms with Crippen molar-refractivity contribution in [3.8, 4) is 11.5 Å².